The number of benzene rings is 2. The number of carbonyl (C=O) groups is 3. The zero-order valence-corrected chi connectivity index (χ0v) is 19.2. The summed E-state index contributed by atoms with van der Waals surface area (Å²) in [7, 11) is 0. The van der Waals surface area contributed by atoms with Crippen molar-refractivity contribution in [3.05, 3.63) is 59.7 Å². The minimum absolute atomic E-state index is 0.0404. The first-order valence-corrected chi connectivity index (χ1v) is 11.7. The number of nitrogens with one attached hydrogen (secondary N) is 2. The molecule has 8 nitrogen and oxygen atoms in total. The van der Waals surface area contributed by atoms with Gasteiger partial charge >= 0.3 is 12.1 Å². The van der Waals surface area contributed by atoms with Gasteiger partial charge in [-0.3, -0.25) is 4.79 Å². The van der Waals surface area contributed by atoms with E-state index in [9.17, 15) is 19.5 Å². The Morgan fingerprint density at radius 2 is 1.74 bits per heavy atom. The number of carboxylic acids is 1. The van der Waals surface area contributed by atoms with Crippen molar-refractivity contribution in [2.75, 3.05) is 13.2 Å². The summed E-state index contributed by atoms with van der Waals surface area (Å²) in [6, 6.07) is 15.3. The van der Waals surface area contributed by atoms with Gasteiger partial charge in [-0.15, -0.1) is 0 Å². The highest BCUT2D eigenvalue weighted by molar-refractivity contribution is 5.81. The Kier molecular flexibility index (Phi) is 7.47. The predicted octanol–water partition coefficient (Wildman–Crippen LogP) is 3.44. The largest absolute Gasteiger partial charge is 0.479 e. The molecule has 34 heavy (non-hydrogen) atoms. The molecule has 8 heteroatoms. The Hall–Kier alpha value is -3.39. The van der Waals surface area contributed by atoms with Gasteiger partial charge in [0.15, 0.2) is 6.10 Å². The molecular weight excluding hydrogens is 436 g/mol. The fourth-order valence-electron chi connectivity index (χ4n) is 4.85. The SMILES string of the molecule is CCCC(CC(=O)N[C@H]1CCO[C@H]1C(=O)O)NC(=O)OCC1c2ccccc2-c2ccccc21. The van der Waals surface area contributed by atoms with Crippen LogP contribution in [0, 0.1) is 0 Å². The number of hydrogen-bond donors (Lipinski definition) is 3. The van der Waals surface area contributed by atoms with Gasteiger partial charge in [0.2, 0.25) is 5.91 Å². The molecule has 2 aromatic rings. The average molecular weight is 467 g/mol. The van der Waals surface area contributed by atoms with E-state index in [1.165, 1.54) is 0 Å². The molecule has 1 unspecified atom stereocenters. The second-order valence-corrected chi connectivity index (χ2v) is 8.75. The summed E-state index contributed by atoms with van der Waals surface area (Å²) >= 11 is 0. The van der Waals surface area contributed by atoms with Gasteiger partial charge in [-0.25, -0.2) is 9.59 Å². The number of carbonyl (C=O) groups excluding carboxylic acids is 2. The molecule has 0 spiro atoms. The van der Waals surface area contributed by atoms with E-state index in [2.05, 4.69) is 34.9 Å². The van der Waals surface area contributed by atoms with Crippen molar-refractivity contribution < 1.29 is 29.0 Å². The number of amides is 2. The van der Waals surface area contributed by atoms with Crippen LogP contribution < -0.4 is 10.6 Å². The summed E-state index contributed by atoms with van der Waals surface area (Å²) in [6.45, 7) is 2.46. The lowest BCUT2D eigenvalue weighted by Gasteiger charge is -2.21. The van der Waals surface area contributed by atoms with Crippen molar-refractivity contribution in [3.8, 4) is 11.1 Å². The molecule has 1 fully saturated rings. The first-order chi connectivity index (χ1) is 16.5. The molecule has 0 saturated carbocycles. The lowest BCUT2D eigenvalue weighted by atomic mass is 9.98. The minimum Gasteiger partial charge on any atom is -0.479 e. The molecule has 180 valence electrons. The topological polar surface area (TPSA) is 114 Å². The van der Waals surface area contributed by atoms with E-state index in [0.717, 1.165) is 28.7 Å². The fourth-order valence-corrected chi connectivity index (χ4v) is 4.85. The summed E-state index contributed by atoms with van der Waals surface area (Å²) in [5.74, 6) is -1.45. The molecule has 1 heterocycles. The van der Waals surface area contributed by atoms with Gasteiger partial charge in [0.25, 0.3) is 0 Å². The number of carboxylic acid groups (broad SMARTS) is 1. The third-order valence-corrected chi connectivity index (χ3v) is 6.42. The first-order valence-electron chi connectivity index (χ1n) is 11.7. The zero-order chi connectivity index (χ0) is 24.1. The maximum atomic E-state index is 12.6. The van der Waals surface area contributed by atoms with Gasteiger partial charge in [0, 0.05) is 25.0 Å². The van der Waals surface area contributed by atoms with Crippen molar-refractivity contribution >= 4 is 18.0 Å². The van der Waals surface area contributed by atoms with Crippen LogP contribution in [-0.2, 0) is 19.1 Å². The Morgan fingerprint density at radius 3 is 2.35 bits per heavy atom. The van der Waals surface area contributed by atoms with Crippen molar-refractivity contribution in [1.29, 1.82) is 0 Å². The molecule has 4 rings (SSSR count). The highest BCUT2D eigenvalue weighted by Gasteiger charge is 2.35. The second-order valence-electron chi connectivity index (χ2n) is 8.75. The van der Waals surface area contributed by atoms with Crippen molar-refractivity contribution in [2.24, 2.45) is 0 Å². The maximum Gasteiger partial charge on any atom is 0.407 e. The average Bonchev–Trinajstić information content (AvgIpc) is 3.40. The molecule has 2 aromatic carbocycles. The van der Waals surface area contributed by atoms with E-state index >= 15 is 0 Å². The molecule has 1 aliphatic carbocycles. The van der Waals surface area contributed by atoms with E-state index < -0.39 is 30.3 Å². The molecule has 0 bridgehead atoms. The fraction of sp³-hybridized carbons (Fsp3) is 0.423. The Labute approximate surface area is 198 Å². The van der Waals surface area contributed by atoms with Gasteiger partial charge in [0.1, 0.15) is 6.61 Å². The van der Waals surface area contributed by atoms with Gasteiger partial charge in [-0.1, -0.05) is 61.9 Å². The molecule has 3 N–H and O–H groups in total. The number of ether oxygens (including phenoxy) is 2. The van der Waals surface area contributed by atoms with Crippen LogP contribution in [0.4, 0.5) is 4.79 Å². The quantitative estimate of drug-likeness (QED) is 0.522. The minimum atomic E-state index is -1.09. The number of fused-ring (bicyclic) bond motifs is 3. The molecule has 2 aliphatic rings. The third-order valence-electron chi connectivity index (χ3n) is 6.42. The molecule has 0 radical (unpaired) electrons. The summed E-state index contributed by atoms with van der Waals surface area (Å²) in [5.41, 5.74) is 4.58. The zero-order valence-electron chi connectivity index (χ0n) is 19.2. The normalized spacial score (nSPS) is 19.7. The number of alkyl carbamates (subject to hydrolysis) is 1. The summed E-state index contributed by atoms with van der Waals surface area (Å²) in [4.78, 5) is 36.4. The van der Waals surface area contributed by atoms with Crippen LogP contribution in [0.1, 0.15) is 49.7 Å². The van der Waals surface area contributed by atoms with E-state index in [0.29, 0.717) is 12.8 Å². The number of aliphatic carboxylic acids is 1. The monoisotopic (exact) mass is 466 g/mol. The summed E-state index contributed by atoms with van der Waals surface area (Å²) in [5, 5.41) is 14.7. The van der Waals surface area contributed by atoms with Crippen molar-refractivity contribution in [1.82, 2.24) is 10.6 Å². The van der Waals surface area contributed by atoms with Crippen LogP contribution in [0.2, 0.25) is 0 Å². The lowest BCUT2D eigenvalue weighted by Crippen LogP contribution is -2.46. The van der Waals surface area contributed by atoms with E-state index in [1.54, 1.807) is 0 Å². The molecule has 2 amide bonds. The van der Waals surface area contributed by atoms with Crippen LogP contribution in [0.25, 0.3) is 11.1 Å². The molecule has 1 aliphatic heterocycles. The predicted molar refractivity (Wildman–Crippen MR) is 125 cm³/mol. The van der Waals surface area contributed by atoms with Gasteiger partial charge < -0.3 is 25.2 Å². The summed E-state index contributed by atoms with van der Waals surface area (Å²) < 4.78 is 10.8. The Bertz CT molecular complexity index is 1010. The molecular formula is C26H30N2O6. The van der Waals surface area contributed by atoms with E-state index in [4.69, 9.17) is 9.47 Å². The first kappa shape index (κ1) is 23.8. The van der Waals surface area contributed by atoms with Crippen molar-refractivity contribution in [3.63, 3.8) is 0 Å². The van der Waals surface area contributed by atoms with E-state index in [-0.39, 0.29) is 31.5 Å². The number of hydrogen-bond acceptors (Lipinski definition) is 5. The summed E-state index contributed by atoms with van der Waals surface area (Å²) in [6.07, 6.45) is 0.249. The lowest BCUT2D eigenvalue weighted by molar-refractivity contribution is -0.148. The standard InChI is InChI=1S/C26H30N2O6/c1-2-7-16(14-23(29)28-22-12-13-33-24(22)25(30)31)27-26(32)34-15-21-19-10-5-3-8-17(19)18-9-4-6-11-20(18)21/h3-6,8-11,16,21-22,24H,2,7,12-15H2,1H3,(H,27,32)(H,28,29)(H,30,31)/t16?,22-,24+/m0/s1. The molecule has 1 saturated heterocycles. The second kappa shape index (κ2) is 10.7. The highest BCUT2D eigenvalue weighted by atomic mass is 16.5. The van der Waals surface area contributed by atoms with Crippen LogP contribution in [-0.4, -0.2) is 54.5 Å². The van der Waals surface area contributed by atoms with Gasteiger partial charge in [-0.2, -0.15) is 0 Å². The van der Waals surface area contributed by atoms with Crippen LogP contribution in [0.3, 0.4) is 0 Å². The van der Waals surface area contributed by atoms with Gasteiger partial charge in [0.05, 0.1) is 6.04 Å². The van der Waals surface area contributed by atoms with Crippen LogP contribution >= 0.6 is 0 Å². The van der Waals surface area contributed by atoms with Crippen molar-refractivity contribution in [2.45, 2.75) is 56.7 Å². The smallest absolute Gasteiger partial charge is 0.407 e. The molecule has 3 atom stereocenters. The third kappa shape index (κ3) is 5.22. The van der Waals surface area contributed by atoms with E-state index in [1.807, 2.05) is 31.2 Å². The van der Waals surface area contributed by atoms with Crippen LogP contribution in [0.5, 0.6) is 0 Å². The highest BCUT2D eigenvalue weighted by Crippen LogP contribution is 2.44. The Morgan fingerprint density at radius 1 is 1.09 bits per heavy atom. The maximum absolute atomic E-state index is 12.6. The molecule has 0 aromatic heterocycles. The number of rotatable bonds is 9. The van der Waals surface area contributed by atoms with Gasteiger partial charge in [-0.05, 0) is 35.1 Å². The Balaban J connectivity index is 1.33. The van der Waals surface area contributed by atoms with Crippen LogP contribution in [0.15, 0.2) is 48.5 Å².